The van der Waals surface area contributed by atoms with E-state index in [0.717, 1.165) is 19.4 Å². The Bertz CT molecular complexity index is 968. The number of carbonyl (C=O) groups excluding carboxylic acids is 2. The third-order valence-electron chi connectivity index (χ3n) is 14.5. The lowest BCUT2D eigenvalue weighted by molar-refractivity contribution is -0.883. The summed E-state index contributed by atoms with van der Waals surface area (Å²) in [5.41, 5.74) is -1.33. The molecule has 5 heteroatoms. The molecular weight excluding hydrogens is 532 g/mol. The van der Waals surface area contributed by atoms with Gasteiger partial charge in [0.2, 0.25) is 5.91 Å². The molecule has 0 heterocycles. The van der Waals surface area contributed by atoms with Crippen molar-refractivity contribution in [2.45, 2.75) is 144 Å². The first kappa shape index (κ1) is 41.9. The van der Waals surface area contributed by atoms with Crippen LogP contribution in [0.5, 0.6) is 0 Å². The van der Waals surface area contributed by atoms with E-state index >= 15 is 0 Å². The Morgan fingerprint density at radius 1 is 0.605 bits per heavy atom. The molecule has 0 saturated carbocycles. The van der Waals surface area contributed by atoms with Crippen LogP contribution in [0.4, 0.5) is 0 Å². The largest absolute Gasteiger partial charge is 0.465 e. The molecule has 5 nitrogen and oxygen atoms in total. The third-order valence-corrected chi connectivity index (χ3v) is 14.5. The summed E-state index contributed by atoms with van der Waals surface area (Å²) in [6.45, 7) is 46.9. The maximum atomic E-state index is 14.5. The highest BCUT2D eigenvalue weighted by Crippen LogP contribution is 2.72. The van der Waals surface area contributed by atoms with E-state index in [1.807, 2.05) is 14.1 Å². The van der Waals surface area contributed by atoms with Crippen molar-refractivity contribution in [3.8, 4) is 0 Å². The molecule has 0 saturated heterocycles. The Morgan fingerprint density at radius 2 is 0.977 bits per heavy atom. The van der Waals surface area contributed by atoms with Crippen LogP contribution in [-0.2, 0) is 14.3 Å². The van der Waals surface area contributed by atoms with Crippen molar-refractivity contribution in [3.05, 3.63) is 0 Å². The van der Waals surface area contributed by atoms with Crippen molar-refractivity contribution >= 4 is 11.9 Å². The Hall–Kier alpha value is -1.10. The van der Waals surface area contributed by atoms with Gasteiger partial charge in [-0.1, -0.05) is 132 Å². The number of rotatable bonds is 14. The number of quaternary nitrogens is 1. The number of nitrogens with one attached hydrogen (secondary N) is 1. The third kappa shape index (κ3) is 7.83. The van der Waals surface area contributed by atoms with Crippen LogP contribution in [0.3, 0.4) is 0 Å². The number of methoxy groups -OCH3 is 1. The van der Waals surface area contributed by atoms with Crippen LogP contribution in [0.1, 0.15) is 144 Å². The molecule has 43 heavy (non-hydrogen) atoms. The first-order valence-electron chi connectivity index (χ1n) is 16.7. The van der Waals surface area contributed by atoms with E-state index in [-0.39, 0.29) is 55.2 Å². The number of carbonyl (C=O) groups is 2. The van der Waals surface area contributed by atoms with Crippen LogP contribution in [-0.4, -0.2) is 57.2 Å². The van der Waals surface area contributed by atoms with Crippen molar-refractivity contribution in [1.82, 2.24) is 5.32 Å². The van der Waals surface area contributed by atoms with E-state index in [1.54, 1.807) is 0 Å². The van der Waals surface area contributed by atoms with Crippen LogP contribution in [0, 0.1) is 48.7 Å². The van der Waals surface area contributed by atoms with Crippen LogP contribution < -0.4 is 5.32 Å². The number of esters is 1. The minimum absolute atomic E-state index is 0.0208. The summed E-state index contributed by atoms with van der Waals surface area (Å²) in [5, 5.41) is 3.36. The summed E-state index contributed by atoms with van der Waals surface area (Å²) in [5.74, 6) is -0.0861. The second-order valence-corrected chi connectivity index (χ2v) is 20.1. The van der Waals surface area contributed by atoms with E-state index < -0.39 is 5.41 Å². The summed E-state index contributed by atoms with van der Waals surface area (Å²) in [4.78, 5) is 26.3. The molecule has 0 rings (SSSR count). The van der Waals surface area contributed by atoms with Crippen molar-refractivity contribution in [2.24, 2.45) is 48.7 Å². The van der Waals surface area contributed by atoms with Gasteiger partial charge in [0.1, 0.15) is 0 Å². The highest BCUT2D eigenvalue weighted by atomic mass is 16.5. The molecule has 0 bridgehead atoms. The number of hydrogen-bond donors (Lipinski definition) is 1. The normalized spacial score (nSPS) is 16.5. The molecule has 0 radical (unpaired) electrons. The zero-order chi connectivity index (χ0) is 35.1. The second kappa shape index (κ2) is 12.6. The van der Waals surface area contributed by atoms with Gasteiger partial charge < -0.3 is 14.5 Å². The molecule has 1 amide bonds. The Kier molecular flexibility index (Phi) is 12.3. The minimum Gasteiger partial charge on any atom is -0.465 e. The summed E-state index contributed by atoms with van der Waals surface area (Å²) < 4.78 is 5.41. The van der Waals surface area contributed by atoms with Crippen molar-refractivity contribution in [2.75, 3.05) is 40.8 Å². The van der Waals surface area contributed by atoms with Gasteiger partial charge in [0.15, 0.2) is 6.54 Å². The van der Waals surface area contributed by atoms with Crippen LogP contribution in [0.2, 0.25) is 0 Å². The monoisotopic (exact) mass is 610 g/mol. The van der Waals surface area contributed by atoms with Gasteiger partial charge in [0, 0.05) is 13.0 Å². The Labute approximate surface area is 269 Å². The molecule has 1 N–H and O–H groups in total. The molecule has 0 spiro atoms. The highest BCUT2D eigenvalue weighted by molar-refractivity contribution is 5.83. The average molecular weight is 610 g/mol. The molecule has 0 aliphatic rings. The van der Waals surface area contributed by atoms with Gasteiger partial charge in [-0.15, -0.1) is 0 Å². The smallest absolute Gasteiger partial charge is 0.361 e. The van der Waals surface area contributed by atoms with Crippen molar-refractivity contribution < 1.29 is 18.8 Å². The predicted octanol–water partition coefficient (Wildman–Crippen LogP) is 9.39. The summed E-state index contributed by atoms with van der Waals surface area (Å²) in [6.07, 6.45) is 1.57. The van der Waals surface area contributed by atoms with Gasteiger partial charge in [-0.05, 0) is 49.7 Å². The second-order valence-electron chi connectivity index (χ2n) is 20.1. The lowest BCUT2D eigenvalue weighted by Gasteiger charge is -2.69. The van der Waals surface area contributed by atoms with Crippen molar-refractivity contribution in [1.29, 1.82) is 0 Å². The van der Waals surface area contributed by atoms with Gasteiger partial charge >= 0.3 is 5.97 Å². The fraction of sp³-hybridized carbons (Fsp3) is 0.947. The van der Waals surface area contributed by atoms with E-state index in [2.05, 4.69) is 137 Å². The number of hydrogen-bond acceptors (Lipinski definition) is 3. The number of likely N-dealkylation sites (N-methyl/N-ethyl adjacent to an activating group) is 1. The summed E-state index contributed by atoms with van der Waals surface area (Å²) in [7, 11) is 5.48. The topological polar surface area (TPSA) is 55.4 Å². The molecule has 0 aromatic rings. The number of ether oxygens (including phenoxy) is 1. The SMILES string of the molecule is COC(=O)C[N+](C)(C)CCCNC(=O)C(C)(CC(C)(C)C)C(C)(C)C(C)(C)C(C)(C)C(C)(C)C(C)(C)C(C)(C)C(C)(C)C. The molecule has 0 aromatic carbocycles. The zero-order valence-corrected chi connectivity index (χ0v) is 33.2. The molecule has 1 atom stereocenters. The van der Waals surface area contributed by atoms with Crippen LogP contribution in [0.25, 0.3) is 0 Å². The van der Waals surface area contributed by atoms with Crippen molar-refractivity contribution in [3.63, 3.8) is 0 Å². The molecule has 0 aliphatic heterocycles. The molecule has 0 aromatic heterocycles. The quantitative estimate of drug-likeness (QED) is 0.121. The fourth-order valence-electron chi connectivity index (χ4n) is 7.80. The van der Waals surface area contributed by atoms with Crippen LogP contribution >= 0.6 is 0 Å². The predicted molar refractivity (Wildman–Crippen MR) is 186 cm³/mol. The van der Waals surface area contributed by atoms with Gasteiger partial charge in [-0.3, -0.25) is 4.79 Å². The minimum atomic E-state index is -0.623. The molecular formula is C38H77N2O3+. The maximum Gasteiger partial charge on any atom is 0.361 e. The average Bonchev–Trinajstić information content (AvgIpc) is 2.78. The zero-order valence-electron chi connectivity index (χ0n) is 33.2. The van der Waals surface area contributed by atoms with Gasteiger partial charge in [-0.2, -0.15) is 0 Å². The number of amides is 1. The molecule has 0 fully saturated rings. The summed E-state index contributed by atoms with van der Waals surface area (Å²) >= 11 is 0. The molecule has 1 unspecified atom stereocenters. The van der Waals surface area contributed by atoms with Crippen LogP contribution in [0.15, 0.2) is 0 Å². The molecule has 0 aliphatic carbocycles. The maximum absolute atomic E-state index is 14.5. The van der Waals surface area contributed by atoms with Gasteiger partial charge in [0.25, 0.3) is 0 Å². The lowest BCUT2D eigenvalue weighted by Crippen LogP contribution is -2.65. The van der Waals surface area contributed by atoms with E-state index in [4.69, 9.17) is 4.74 Å². The lowest BCUT2D eigenvalue weighted by atomic mass is 9.35. The van der Waals surface area contributed by atoms with E-state index in [0.29, 0.717) is 17.6 Å². The number of nitrogens with zero attached hydrogens (tertiary/aromatic N) is 1. The fourth-order valence-corrected chi connectivity index (χ4v) is 7.80. The van der Waals surface area contributed by atoms with E-state index in [1.165, 1.54) is 7.11 Å². The van der Waals surface area contributed by atoms with Gasteiger partial charge in [-0.25, -0.2) is 4.79 Å². The first-order valence-corrected chi connectivity index (χ1v) is 16.7. The Balaban J connectivity index is 6.68. The Morgan fingerprint density at radius 3 is 1.33 bits per heavy atom. The standard InChI is InChI=1S/C38H76N2O3/c1-30(2,3)27-38(19,29(42)39-24-23-25-40(20,21)26-28(41)43-22)37(17,18)36(15,16)35(13,14)34(11,12)33(9,10)32(7,8)31(4,5)6/h23-27H2,1-22H3/p+1. The van der Waals surface area contributed by atoms with Gasteiger partial charge in [0.05, 0.1) is 33.2 Å². The first-order chi connectivity index (χ1) is 18.5. The summed E-state index contributed by atoms with van der Waals surface area (Å²) in [6, 6.07) is 0. The highest BCUT2D eigenvalue weighted by Gasteiger charge is 2.66. The van der Waals surface area contributed by atoms with E-state index in [9.17, 15) is 9.59 Å². The molecule has 256 valence electrons.